The van der Waals surface area contributed by atoms with Gasteiger partial charge in [0.1, 0.15) is 0 Å². The first kappa shape index (κ1) is 12.2. The molecule has 0 aliphatic carbocycles. The number of rotatable bonds is 2. The topological polar surface area (TPSA) is 32.5 Å². The molecular formula is C14H23N3. The molecule has 0 saturated carbocycles. The Balaban J connectivity index is 2.18. The predicted molar refractivity (Wildman–Crippen MR) is 74.7 cm³/mol. The molecule has 3 heteroatoms. The lowest BCUT2D eigenvalue weighted by Gasteiger charge is -2.36. The number of hydrogen-bond acceptors (Lipinski definition) is 3. The molecule has 0 spiro atoms. The van der Waals surface area contributed by atoms with E-state index in [9.17, 15) is 0 Å². The fraction of sp³-hybridized carbons (Fsp3) is 0.571. The summed E-state index contributed by atoms with van der Waals surface area (Å²) in [5.74, 6) is 0. The maximum Gasteiger partial charge on any atom is 0.0606 e. The van der Waals surface area contributed by atoms with Crippen molar-refractivity contribution in [1.29, 1.82) is 0 Å². The van der Waals surface area contributed by atoms with Crippen molar-refractivity contribution in [3.05, 3.63) is 23.3 Å². The second-order valence-corrected chi connectivity index (χ2v) is 4.94. The zero-order chi connectivity index (χ0) is 12.4. The van der Waals surface area contributed by atoms with E-state index in [0.29, 0.717) is 0 Å². The minimum atomic E-state index is 0.945. The molecule has 1 aliphatic rings. The van der Waals surface area contributed by atoms with Crippen LogP contribution in [0.15, 0.2) is 12.1 Å². The highest BCUT2D eigenvalue weighted by Crippen LogP contribution is 2.28. The van der Waals surface area contributed by atoms with Crippen LogP contribution in [-0.2, 0) is 0 Å². The quantitative estimate of drug-likeness (QED) is 0.793. The van der Waals surface area contributed by atoms with E-state index in [2.05, 4.69) is 42.7 Å². The van der Waals surface area contributed by atoms with Crippen molar-refractivity contribution < 1.29 is 0 Å². The summed E-state index contributed by atoms with van der Waals surface area (Å²) in [6, 6.07) is 4.37. The summed E-state index contributed by atoms with van der Waals surface area (Å²) in [6.07, 6.45) is 0. The Bertz CT molecular complexity index is 393. The molecule has 94 valence electrons. The van der Waals surface area contributed by atoms with Gasteiger partial charge in [0.05, 0.1) is 11.4 Å². The molecule has 0 atom stereocenters. The van der Waals surface area contributed by atoms with Crippen LogP contribution in [0, 0.1) is 13.8 Å². The van der Waals surface area contributed by atoms with Gasteiger partial charge in [0.15, 0.2) is 0 Å². The lowest BCUT2D eigenvalue weighted by molar-refractivity contribution is 0.271. The molecule has 0 unspecified atom stereocenters. The first-order valence-corrected chi connectivity index (χ1v) is 6.46. The highest BCUT2D eigenvalue weighted by atomic mass is 15.3. The maximum atomic E-state index is 6.19. The minimum absolute atomic E-state index is 0.945. The summed E-state index contributed by atoms with van der Waals surface area (Å²) < 4.78 is 0. The molecule has 17 heavy (non-hydrogen) atoms. The molecule has 1 saturated heterocycles. The Kier molecular flexibility index (Phi) is 3.57. The van der Waals surface area contributed by atoms with Gasteiger partial charge in [-0.1, -0.05) is 13.0 Å². The number of piperazine rings is 1. The number of nitrogens with zero attached hydrogens (tertiary/aromatic N) is 2. The van der Waals surface area contributed by atoms with Gasteiger partial charge in [-0.3, -0.25) is 0 Å². The van der Waals surface area contributed by atoms with E-state index >= 15 is 0 Å². The Hall–Kier alpha value is -1.22. The Morgan fingerprint density at radius 1 is 1.12 bits per heavy atom. The van der Waals surface area contributed by atoms with Gasteiger partial charge in [-0.05, 0) is 37.6 Å². The van der Waals surface area contributed by atoms with E-state index in [1.54, 1.807) is 0 Å². The zero-order valence-electron chi connectivity index (χ0n) is 11.2. The van der Waals surface area contributed by atoms with Gasteiger partial charge in [-0.15, -0.1) is 0 Å². The van der Waals surface area contributed by atoms with E-state index in [-0.39, 0.29) is 0 Å². The molecule has 2 rings (SSSR count). The fourth-order valence-electron chi connectivity index (χ4n) is 2.52. The van der Waals surface area contributed by atoms with Crippen LogP contribution in [0.25, 0.3) is 0 Å². The average molecular weight is 233 g/mol. The van der Waals surface area contributed by atoms with Crippen LogP contribution in [0.5, 0.6) is 0 Å². The van der Waals surface area contributed by atoms with E-state index < -0.39 is 0 Å². The molecule has 0 bridgehead atoms. The SMILES string of the molecule is CCN1CCN(c2cc(C)cc(C)c2N)CC1. The number of aryl methyl sites for hydroxylation is 2. The van der Waals surface area contributed by atoms with Crippen LogP contribution in [-0.4, -0.2) is 37.6 Å². The van der Waals surface area contributed by atoms with E-state index in [1.807, 2.05) is 0 Å². The van der Waals surface area contributed by atoms with E-state index in [4.69, 9.17) is 5.73 Å². The molecule has 2 N–H and O–H groups in total. The van der Waals surface area contributed by atoms with Crippen molar-refractivity contribution in [3.8, 4) is 0 Å². The second kappa shape index (κ2) is 4.96. The Morgan fingerprint density at radius 3 is 2.35 bits per heavy atom. The van der Waals surface area contributed by atoms with Crippen LogP contribution in [0.2, 0.25) is 0 Å². The van der Waals surface area contributed by atoms with E-state index in [0.717, 1.165) is 38.4 Å². The summed E-state index contributed by atoms with van der Waals surface area (Å²) in [5, 5.41) is 0. The first-order valence-electron chi connectivity index (χ1n) is 6.46. The summed E-state index contributed by atoms with van der Waals surface area (Å²) >= 11 is 0. The molecule has 0 amide bonds. The average Bonchev–Trinajstić information content (AvgIpc) is 2.34. The number of benzene rings is 1. The first-order chi connectivity index (χ1) is 8.11. The number of nitrogens with two attached hydrogens (primary N) is 1. The van der Waals surface area contributed by atoms with Gasteiger partial charge in [0, 0.05) is 26.2 Å². The van der Waals surface area contributed by atoms with Crippen molar-refractivity contribution in [2.24, 2.45) is 0 Å². The molecular weight excluding hydrogens is 210 g/mol. The molecule has 1 aliphatic heterocycles. The monoisotopic (exact) mass is 233 g/mol. The van der Waals surface area contributed by atoms with Gasteiger partial charge < -0.3 is 15.5 Å². The van der Waals surface area contributed by atoms with Gasteiger partial charge in [0.25, 0.3) is 0 Å². The second-order valence-electron chi connectivity index (χ2n) is 4.94. The third kappa shape index (κ3) is 2.55. The molecule has 1 heterocycles. The standard InChI is InChI=1S/C14H23N3/c1-4-16-5-7-17(8-6-16)13-10-11(2)9-12(3)14(13)15/h9-10H,4-8,15H2,1-3H3. The minimum Gasteiger partial charge on any atom is -0.397 e. The third-order valence-corrected chi connectivity index (χ3v) is 3.67. The van der Waals surface area contributed by atoms with Gasteiger partial charge in [0.2, 0.25) is 0 Å². The van der Waals surface area contributed by atoms with Gasteiger partial charge in [-0.2, -0.15) is 0 Å². The third-order valence-electron chi connectivity index (χ3n) is 3.67. The van der Waals surface area contributed by atoms with Gasteiger partial charge in [-0.25, -0.2) is 0 Å². The normalized spacial score (nSPS) is 17.5. The fourth-order valence-corrected chi connectivity index (χ4v) is 2.52. The van der Waals surface area contributed by atoms with Crippen molar-refractivity contribution in [2.75, 3.05) is 43.4 Å². The Morgan fingerprint density at radius 2 is 1.76 bits per heavy atom. The smallest absolute Gasteiger partial charge is 0.0606 e. The zero-order valence-corrected chi connectivity index (χ0v) is 11.2. The molecule has 0 aromatic heterocycles. The van der Waals surface area contributed by atoms with Crippen molar-refractivity contribution in [2.45, 2.75) is 20.8 Å². The van der Waals surface area contributed by atoms with Crippen LogP contribution >= 0.6 is 0 Å². The number of nitrogen functional groups attached to an aromatic ring is 1. The van der Waals surface area contributed by atoms with Crippen molar-refractivity contribution in [3.63, 3.8) is 0 Å². The number of anilines is 2. The molecule has 0 radical (unpaired) electrons. The maximum absolute atomic E-state index is 6.19. The van der Waals surface area contributed by atoms with Crippen LogP contribution in [0.1, 0.15) is 18.1 Å². The van der Waals surface area contributed by atoms with Crippen LogP contribution in [0.3, 0.4) is 0 Å². The van der Waals surface area contributed by atoms with Gasteiger partial charge >= 0.3 is 0 Å². The van der Waals surface area contributed by atoms with Crippen molar-refractivity contribution >= 4 is 11.4 Å². The van der Waals surface area contributed by atoms with Crippen molar-refractivity contribution in [1.82, 2.24) is 4.90 Å². The summed E-state index contributed by atoms with van der Waals surface area (Å²) in [4.78, 5) is 4.90. The number of hydrogen-bond donors (Lipinski definition) is 1. The lowest BCUT2D eigenvalue weighted by Crippen LogP contribution is -2.46. The molecule has 1 fully saturated rings. The Labute approximate surface area is 104 Å². The van der Waals surface area contributed by atoms with E-state index in [1.165, 1.54) is 16.8 Å². The highest BCUT2D eigenvalue weighted by Gasteiger charge is 2.18. The summed E-state index contributed by atoms with van der Waals surface area (Å²) in [7, 11) is 0. The molecule has 1 aromatic carbocycles. The molecule has 1 aromatic rings. The van der Waals surface area contributed by atoms with Crippen LogP contribution < -0.4 is 10.6 Å². The van der Waals surface area contributed by atoms with Crippen LogP contribution in [0.4, 0.5) is 11.4 Å². The molecule has 3 nitrogen and oxygen atoms in total. The summed E-state index contributed by atoms with van der Waals surface area (Å²) in [6.45, 7) is 12.1. The summed E-state index contributed by atoms with van der Waals surface area (Å²) in [5.41, 5.74) is 10.8. The lowest BCUT2D eigenvalue weighted by atomic mass is 10.1. The number of likely N-dealkylation sites (N-methyl/N-ethyl adjacent to an activating group) is 1. The highest BCUT2D eigenvalue weighted by molar-refractivity contribution is 5.72. The largest absolute Gasteiger partial charge is 0.397 e. The predicted octanol–water partition coefficient (Wildman–Crippen LogP) is 2.03.